The molecule has 0 atom stereocenters. The van der Waals surface area contributed by atoms with E-state index in [1.54, 1.807) is 35.1 Å². The SMILES string of the molecule is c1csc(Nc2nccs2)n1. The highest BCUT2D eigenvalue weighted by molar-refractivity contribution is 7.15. The van der Waals surface area contributed by atoms with Crippen LogP contribution in [-0.2, 0) is 0 Å². The summed E-state index contributed by atoms with van der Waals surface area (Å²) in [6.07, 6.45) is 3.53. The minimum absolute atomic E-state index is 0.889. The van der Waals surface area contributed by atoms with Gasteiger partial charge in [0.2, 0.25) is 0 Å². The first kappa shape index (κ1) is 6.75. The van der Waals surface area contributed by atoms with E-state index in [1.165, 1.54) is 0 Å². The van der Waals surface area contributed by atoms with Crippen molar-refractivity contribution < 1.29 is 0 Å². The maximum atomic E-state index is 4.07. The van der Waals surface area contributed by atoms with Gasteiger partial charge in [0.05, 0.1) is 0 Å². The highest BCUT2D eigenvalue weighted by atomic mass is 32.1. The van der Waals surface area contributed by atoms with Crippen LogP contribution in [0.3, 0.4) is 0 Å². The molecule has 2 aromatic heterocycles. The molecule has 0 bridgehead atoms. The molecular formula is C6H5N3S2. The second-order valence-electron chi connectivity index (χ2n) is 1.80. The monoisotopic (exact) mass is 183 g/mol. The molecule has 0 aliphatic heterocycles. The molecule has 11 heavy (non-hydrogen) atoms. The van der Waals surface area contributed by atoms with Gasteiger partial charge in [0.25, 0.3) is 0 Å². The molecule has 56 valence electrons. The van der Waals surface area contributed by atoms with Gasteiger partial charge in [-0.2, -0.15) is 0 Å². The van der Waals surface area contributed by atoms with Gasteiger partial charge in [0, 0.05) is 23.2 Å². The van der Waals surface area contributed by atoms with E-state index in [4.69, 9.17) is 0 Å². The van der Waals surface area contributed by atoms with E-state index in [1.807, 2.05) is 10.8 Å². The molecule has 5 heteroatoms. The molecule has 2 rings (SSSR count). The number of hydrogen-bond acceptors (Lipinski definition) is 5. The van der Waals surface area contributed by atoms with Crippen molar-refractivity contribution in [2.45, 2.75) is 0 Å². The van der Waals surface area contributed by atoms with Crippen LogP contribution in [-0.4, -0.2) is 9.97 Å². The first-order valence-electron chi connectivity index (χ1n) is 3.01. The van der Waals surface area contributed by atoms with E-state index >= 15 is 0 Å². The summed E-state index contributed by atoms with van der Waals surface area (Å²) in [5, 5.41) is 8.71. The van der Waals surface area contributed by atoms with E-state index in [2.05, 4.69) is 15.3 Å². The molecule has 0 radical (unpaired) electrons. The maximum Gasteiger partial charge on any atom is 0.188 e. The van der Waals surface area contributed by atoms with E-state index in [-0.39, 0.29) is 0 Å². The molecular weight excluding hydrogens is 178 g/mol. The smallest absolute Gasteiger partial charge is 0.188 e. The normalized spacial score (nSPS) is 9.82. The molecule has 0 saturated heterocycles. The highest BCUT2D eigenvalue weighted by Crippen LogP contribution is 2.19. The Morgan fingerprint density at radius 1 is 1.00 bits per heavy atom. The fourth-order valence-corrected chi connectivity index (χ4v) is 1.78. The summed E-state index contributed by atoms with van der Waals surface area (Å²) in [4.78, 5) is 8.13. The van der Waals surface area contributed by atoms with Gasteiger partial charge in [0.1, 0.15) is 0 Å². The lowest BCUT2D eigenvalue weighted by atomic mass is 10.9. The van der Waals surface area contributed by atoms with Crippen molar-refractivity contribution in [1.29, 1.82) is 0 Å². The molecule has 3 nitrogen and oxygen atoms in total. The number of aromatic nitrogens is 2. The molecule has 2 heterocycles. The standard InChI is InChI=1S/C6H5N3S2/c1-3-10-5(7-1)9-6-8-2-4-11-6/h1-4H,(H,7,8,9). The molecule has 0 aliphatic carbocycles. The molecule has 0 aliphatic rings. The van der Waals surface area contributed by atoms with Gasteiger partial charge in [-0.15, -0.1) is 22.7 Å². The fraction of sp³-hybridized carbons (Fsp3) is 0. The van der Waals surface area contributed by atoms with Gasteiger partial charge in [-0.3, -0.25) is 0 Å². The Morgan fingerprint density at radius 2 is 1.55 bits per heavy atom. The Balaban J connectivity index is 2.14. The number of anilines is 2. The lowest BCUT2D eigenvalue weighted by Gasteiger charge is -1.93. The second kappa shape index (κ2) is 2.98. The molecule has 0 fully saturated rings. The van der Waals surface area contributed by atoms with Crippen molar-refractivity contribution in [3.05, 3.63) is 23.2 Å². The zero-order valence-electron chi connectivity index (χ0n) is 5.52. The summed E-state index contributed by atoms with van der Waals surface area (Å²) in [7, 11) is 0. The van der Waals surface area contributed by atoms with E-state index in [0.29, 0.717) is 0 Å². The molecule has 1 N–H and O–H groups in total. The number of hydrogen-bond donors (Lipinski definition) is 1. The highest BCUT2D eigenvalue weighted by Gasteiger charge is 1.96. The predicted octanol–water partition coefficient (Wildman–Crippen LogP) is 2.34. The van der Waals surface area contributed by atoms with Crippen molar-refractivity contribution in [3.63, 3.8) is 0 Å². The fourth-order valence-electron chi connectivity index (χ4n) is 0.662. The summed E-state index contributed by atoms with van der Waals surface area (Å²) in [6, 6.07) is 0. The number of nitrogens with zero attached hydrogens (tertiary/aromatic N) is 2. The maximum absolute atomic E-state index is 4.07. The minimum Gasteiger partial charge on any atom is -0.308 e. The second-order valence-corrected chi connectivity index (χ2v) is 3.59. The predicted molar refractivity (Wildman–Crippen MR) is 47.5 cm³/mol. The van der Waals surface area contributed by atoms with Crippen LogP contribution in [0.4, 0.5) is 10.3 Å². The molecule has 0 saturated carbocycles. The van der Waals surface area contributed by atoms with Crippen LogP contribution in [0.1, 0.15) is 0 Å². The van der Waals surface area contributed by atoms with Gasteiger partial charge in [-0.05, 0) is 0 Å². The van der Waals surface area contributed by atoms with E-state index < -0.39 is 0 Å². The average molecular weight is 183 g/mol. The molecule has 0 aromatic carbocycles. The number of rotatable bonds is 2. The van der Waals surface area contributed by atoms with Crippen molar-refractivity contribution in [2.75, 3.05) is 5.32 Å². The van der Waals surface area contributed by atoms with E-state index in [9.17, 15) is 0 Å². The number of thiazole rings is 2. The first-order chi connectivity index (χ1) is 5.45. The Kier molecular flexibility index (Phi) is 1.83. The van der Waals surface area contributed by atoms with Crippen LogP contribution < -0.4 is 5.32 Å². The topological polar surface area (TPSA) is 37.8 Å². The zero-order chi connectivity index (χ0) is 7.52. The van der Waals surface area contributed by atoms with Crippen molar-refractivity contribution >= 4 is 32.9 Å². The minimum atomic E-state index is 0.889. The Hall–Kier alpha value is -0.940. The van der Waals surface area contributed by atoms with Gasteiger partial charge in [-0.25, -0.2) is 9.97 Å². The summed E-state index contributed by atoms with van der Waals surface area (Å²) in [5.41, 5.74) is 0. The van der Waals surface area contributed by atoms with Crippen LogP contribution in [0.25, 0.3) is 0 Å². The summed E-state index contributed by atoms with van der Waals surface area (Å²) in [6.45, 7) is 0. The summed E-state index contributed by atoms with van der Waals surface area (Å²) >= 11 is 3.13. The van der Waals surface area contributed by atoms with Gasteiger partial charge in [-0.1, -0.05) is 0 Å². The van der Waals surface area contributed by atoms with Crippen molar-refractivity contribution in [2.24, 2.45) is 0 Å². The van der Waals surface area contributed by atoms with Gasteiger partial charge < -0.3 is 5.32 Å². The van der Waals surface area contributed by atoms with Crippen LogP contribution >= 0.6 is 22.7 Å². The largest absolute Gasteiger partial charge is 0.308 e. The summed E-state index contributed by atoms with van der Waals surface area (Å²) in [5.74, 6) is 0. The molecule has 2 aromatic rings. The lowest BCUT2D eigenvalue weighted by molar-refractivity contribution is 1.35. The van der Waals surface area contributed by atoms with Crippen LogP contribution in [0.15, 0.2) is 23.2 Å². The summed E-state index contributed by atoms with van der Waals surface area (Å²) < 4.78 is 0. The quantitative estimate of drug-likeness (QED) is 0.776. The first-order valence-corrected chi connectivity index (χ1v) is 4.77. The third kappa shape index (κ3) is 1.55. The number of nitrogens with one attached hydrogen (secondary N) is 1. The molecule has 0 unspecified atom stereocenters. The molecule has 0 amide bonds. The average Bonchev–Trinajstić information content (AvgIpc) is 2.60. The van der Waals surface area contributed by atoms with Crippen LogP contribution in [0.2, 0.25) is 0 Å². The van der Waals surface area contributed by atoms with Crippen LogP contribution in [0, 0.1) is 0 Å². The third-order valence-electron chi connectivity index (χ3n) is 1.08. The van der Waals surface area contributed by atoms with Gasteiger partial charge in [0.15, 0.2) is 10.3 Å². The third-order valence-corrected chi connectivity index (χ3v) is 2.46. The zero-order valence-corrected chi connectivity index (χ0v) is 7.15. The molecule has 0 spiro atoms. The van der Waals surface area contributed by atoms with Gasteiger partial charge >= 0.3 is 0 Å². The Labute approximate surface area is 71.8 Å². The Morgan fingerprint density at radius 3 is 1.91 bits per heavy atom. The Bertz CT molecular complexity index is 268. The van der Waals surface area contributed by atoms with Crippen molar-refractivity contribution in [3.8, 4) is 0 Å². The van der Waals surface area contributed by atoms with Crippen molar-refractivity contribution in [1.82, 2.24) is 9.97 Å². The lowest BCUT2D eigenvalue weighted by Crippen LogP contribution is -1.86. The van der Waals surface area contributed by atoms with E-state index in [0.717, 1.165) is 10.3 Å². The van der Waals surface area contributed by atoms with Crippen LogP contribution in [0.5, 0.6) is 0 Å².